The predicted octanol–water partition coefficient (Wildman–Crippen LogP) is 5.62. The fourth-order valence-electron chi connectivity index (χ4n) is 2.99. The molecule has 0 saturated carbocycles. The van der Waals surface area contributed by atoms with Crippen LogP contribution in [-0.4, -0.2) is 22.0 Å². The Morgan fingerprint density at radius 1 is 1.03 bits per heavy atom. The molecule has 0 radical (unpaired) electrons. The van der Waals surface area contributed by atoms with Gasteiger partial charge in [-0.3, -0.25) is 9.59 Å². The van der Waals surface area contributed by atoms with E-state index in [1.54, 1.807) is 12.1 Å². The van der Waals surface area contributed by atoms with E-state index in [0.29, 0.717) is 15.6 Å². The average molecular weight is 497 g/mol. The zero-order valence-electron chi connectivity index (χ0n) is 16.6. The van der Waals surface area contributed by atoms with Crippen LogP contribution in [0.15, 0.2) is 46.0 Å². The molecule has 32 heavy (non-hydrogen) atoms. The number of anilines is 1. The van der Waals surface area contributed by atoms with Gasteiger partial charge in [0.15, 0.2) is 6.61 Å². The van der Waals surface area contributed by atoms with Gasteiger partial charge in [0.25, 0.3) is 17.7 Å². The smallest absolute Gasteiger partial charge is 0.261 e. The van der Waals surface area contributed by atoms with Gasteiger partial charge in [0, 0.05) is 22.2 Å². The summed E-state index contributed by atoms with van der Waals surface area (Å²) in [6.45, 7) is 2.82. The molecule has 7 nitrogen and oxygen atoms in total. The molecule has 0 fully saturated rings. The van der Waals surface area contributed by atoms with Crippen molar-refractivity contribution in [2.45, 2.75) is 20.5 Å². The molecule has 0 spiro atoms. The molecule has 164 valence electrons. The fraction of sp³-hybridized carbons (Fsp3) is 0.143. The lowest BCUT2D eigenvalue weighted by Gasteiger charge is -2.17. The van der Waals surface area contributed by atoms with Crippen molar-refractivity contribution in [3.05, 3.63) is 68.2 Å². The van der Waals surface area contributed by atoms with Crippen LogP contribution in [0.25, 0.3) is 11.5 Å². The molecule has 0 unspecified atom stereocenters. The highest BCUT2D eigenvalue weighted by Gasteiger charge is 2.36. The van der Waals surface area contributed by atoms with Gasteiger partial charge in [0.05, 0.1) is 21.3 Å². The number of ether oxygens (including phenoxy) is 1. The summed E-state index contributed by atoms with van der Waals surface area (Å²) in [5.74, 6) is -1.71. The van der Waals surface area contributed by atoms with Crippen molar-refractivity contribution in [1.29, 1.82) is 0 Å². The first-order valence-electron chi connectivity index (χ1n) is 9.13. The highest BCUT2D eigenvalue weighted by Crippen LogP contribution is 2.36. The SMILES string of the molecule is CC1=C(C)C(=O)N(c2cc(OCc3noc(-c4ccc(Cl)cc4Cl)n3)c(Cl)cc2F)C1=O. The van der Waals surface area contributed by atoms with E-state index in [1.165, 1.54) is 26.0 Å². The molecule has 0 N–H and O–H groups in total. The molecule has 4 rings (SSSR count). The van der Waals surface area contributed by atoms with Crippen LogP contribution in [0.3, 0.4) is 0 Å². The van der Waals surface area contributed by atoms with Gasteiger partial charge in [-0.05, 0) is 38.1 Å². The van der Waals surface area contributed by atoms with Crippen molar-refractivity contribution in [1.82, 2.24) is 10.1 Å². The molecule has 0 saturated heterocycles. The Morgan fingerprint density at radius 3 is 2.38 bits per heavy atom. The molecule has 2 aromatic carbocycles. The molecule has 2 heterocycles. The molecular weight excluding hydrogens is 484 g/mol. The van der Waals surface area contributed by atoms with E-state index in [0.717, 1.165) is 11.0 Å². The Balaban J connectivity index is 1.56. The monoisotopic (exact) mass is 495 g/mol. The van der Waals surface area contributed by atoms with E-state index in [9.17, 15) is 14.0 Å². The zero-order chi connectivity index (χ0) is 23.2. The number of nitrogens with zero attached hydrogens (tertiary/aromatic N) is 3. The lowest BCUT2D eigenvalue weighted by molar-refractivity contribution is -0.120. The molecule has 11 heteroatoms. The first-order chi connectivity index (χ1) is 15.2. The Bertz CT molecular complexity index is 1280. The largest absolute Gasteiger partial charge is 0.484 e. The first kappa shape index (κ1) is 22.3. The molecule has 2 amide bonds. The topological polar surface area (TPSA) is 85.5 Å². The van der Waals surface area contributed by atoms with Crippen LogP contribution in [0.4, 0.5) is 10.1 Å². The van der Waals surface area contributed by atoms with E-state index >= 15 is 0 Å². The number of amides is 2. The molecule has 0 atom stereocenters. The molecule has 0 aliphatic carbocycles. The van der Waals surface area contributed by atoms with Crippen LogP contribution < -0.4 is 9.64 Å². The predicted molar refractivity (Wildman–Crippen MR) is 116 cm³/mol. The van der Waals surface area contributed by atoms with Crippen molar-refractivity contribution in [2.24, 2.45) is 0 Å². The minimum absolute atomic E-state index is 0.0294. The number of hydrogen-bond donors (Lipinski definition) is 0. The highest BCUT2D eigenvalue weighted by molar-refractivity contribution is 6.36. The number of benzene rings is 2. The minimum atomic E-state index is -0.842. The number of carbonyl (C=O) groups excluding carboxylic acids is 2. The number of carbonyl (C=O) groups is 2. The second-order valence-corrected chi connectivity index (χ2v) is 8.11. The number of imide groups is 1. The maximum absolute atomic E-state index is 14.5. The Hall–Kier alpha value is -2.94. The summed E-state index contributed by atoms with van der Waals surface area (Å²) in [6, 6.07) is 6.94. The van der Waals surface area contributed by atoms with E-state index in [4.69, 9.17) is 44.1 Å². The van der Waals surface area contributed by atoms with Crippen LogP contribution in [0.2, 0.25) is 15.1 Å². The summed E-state index contributed by atoms with van der Waals surface area (Å²) in [5.41, 5.74) is 0.706. The third-order valence-corrected chi connectivity index (χ3v) is 5.68. The Morgan fingerprint density at radius 2 is 1.72 bits per heavy atom. The molecule has 3 aromatic rings. The molecule has 1 aromatic heterocycles. The van der Waals surface area contributed by atoms with Gasteiger partial charge in [-0.25, -0.2) is 9.29 Å². The van der Waals surface area contributed by atoms with Crippen molar-refractivity contribution >= 4 is 52.3 Å². The Kier molecular flexibility index (Phi) is 5.94. The normalized spacial score (nSPS) is 14.0. The number of aromatic nitrogens is 2. The summed E-state index contributed by atoms with van der Waals surface area (Å²) in [6.07, 6.45) is 0. The van der Waals surface area contributed by atoms with Gasteiger partial charge in [0.1, 0.15) is 11.6 Å². The number of hydrogen-bond acceptors (Lipinski definition) is 6. The van der Waals surface area contributed by atoms with Crippen LogP contribution in [0.1, 0.15) is 19.7 Å². The summed E-state index contributed by atoms with van der Waals surface area (Å²) in [7, 11) is 0. The number of rotatable bonds is 5. The highest BCUT2D eigenvalue weighted by atomic mass is 35.5. The molecule has 1 aliphatic rings. The van der Waals surface area contributed by atoms with E-state index in [1.807, 2.05) is 0 Å². The quantitative estimate of drug-likeness (QED) is 0.426. The van der Waals surface area contributed by atoms with Gasteiger partial charge < -0.3 is 9.26 Å². The Labute approximate surface area is 196 Å². The van der Waals surface area contributed by atoms with E-state index < -0.39 is 17.6 Å². The lowest BCUT2D eigenvalue weighted by atomic mass is 10.2. The summed E-state index contributed by atoms with van der Waals surface area (Å²) >= 11 is 18.1. The van der Waals surface area contributed by atoms with Gasteiger partial charge in [-0.1, -0.05) is 40.0 Å². The third kappa shape index (κ3) is 3.97. The summed E-state index contributed by atoms with van der Waals surface area (Å²) in [5, 5.41) is 4.55. The first-order valence-corrected chi connectivity index (χ1v) is 10.3. The molecule has 0 bridgehead atoms. The second kappa shape index (κ2) is 8.54. The fourth-order valence-corrected chi connectivity index (χ4v) is 3.69. The molecule has 1 aliphatic heterocycles. The van der Waals surface area contributed by atoms with Crippen LogP contribution in [-0.2, 0) is 16.2 Å². The average Bonchev–Trinajstić information content (AvgIpc) is 3.28. The van der Waals surface area contributed by atoms with Crippen LogP contribution in [0.5, 0.6) is 5.75 Å². The van der Waals surface area contributed by atoms with Crippen molar-refractivity contribution < 1.29 is 23.2 Å². The summed E-state index contributed by atoms with van der Waals surface area (Å²) < 4.78 is 25.3. The molecular formula is C21H13Cl3FN3O4. The van der Waals surface area contributed by atoms with Crippen LogP contribution >= 0.6 is 34.8 Å². The van der Waals surface area contributed by atoms with E-state index in [2.05, 4.69) is 10.1 Å². The standard InChI is InChI=1S/C21H13Cl3FN3O4/c1-9-10(2)21(30)28(20(9)29)16-7-17(14(24)6-15(16)25)31-8-18-26-19(32-27-18)12-4-3-11(22)5-13(12)23/h3-7H,8H2,1-2H3. The van der Waals surface area contributed by atoms with Gasteiger partial charge in [0.2, 0.25) is 5.82 Å². The van der Waals surface area contributed by atoms with Crippen LogP contribution in [0, 0.1) is 5.82 Å². The van der Waals surface area contributed by atoms with Crippen molar-refractivity contribution in [3.8, 4) is 17.2 Å². The van der Waals surface area contributed by atoms with Crippen molar-refractivity contribution in [2.75, 3.05) is 4.90 Å². The minimum Gasteiger partial charge on any atom is -0.484 e. The van der Waals surface area contributed by atoms with Crippen molar-refractivity contribution in [3.63, 3.8) is 0 Å². The van der Waals surface area contributed by atoms with Gasteiger partial charge in [-0.15, -0.1) is 0 Å². The maximum Gasteiger partial charge on any atom is 0.261 e. The maximum atomic E-state index is 14.5. The zero-order valence-corrected chi connectivity index (χ0v) is 18.8. The van der Waals surface area contributed by atoms with Gasteiger partial charge >= 0.3 is 0 Å². The van der Waals surface area contributed by atoms with Gasteiger partial charge in [-0.2, -0.15) is 4.98 Å². The lowest BCUT2D eigenvalue weighted by Crippen LogP contribution is -2.32. The van der Waals surface area contributed by atoms with E-state index in [-0.39, 0.29) is 45.9 Å². The number of halogens is 4. The summed E-state index contributed by atoms with van der Waals surface area (Å²) in [4.78, 5) is 29.7. The third-order valence-electron chi connectivity index (χ3n) is 4.84. The second-order valence-electron chi connectivity index (χ2n) is 6.86.